The number of rotatable bonds is 1. The second-order valence-electron chi connectivity index (χ2n) is 1.55. The molecule has 1 aromatic heterocycles. The van der Waals surface area contributed by atoms with Crippen LogP contribution in [0.15, 0.2) is 24.4 Å². The summed E-state index contributed by atoms with van der Waals surface area (Å²) < 4.78 is 51.2. The summed E-state index contributed by atoms with van der Waals surface area (Å²) >= 11 is 0. The number of primary amides is 1. The van der Waals surface area contributed by atoms with E-state index >= 15 is 0 Å². The van der Waals surface area contributed by atoms with Crippen LogP contribution in [0.1, 0.15) is 20.0 Å². The molecule has 1 heterocycles. The number of nitrogens with two attached hydrogens (primary N) is 1. The molecule has 2 N–H and O–H groups in total. The van der Waals surface area contributed by atoms with E-state index in [0.29, 0.717) is 0 Å². The molecule has 0 aliphatic rings. The highest BCUT2D eigenvalue weighted by atomic mass is 35.5. The second kappa shape index (κ2) is 3.93. The fourth-order valence-corrected chi connectivity index (χ4v) is 0.431. The molecule has 1 aromatic rings. The van der Waals surface area contributed by atoms with Gasteiger partial charge in [0.25, 0.3) is 5.91 Å². The highest BCUT2D eigenvalue weighted by Gasteiger charge is 2.02. The van der Waals surface area contributed by atoms with Crippen molar-refractivity contribution in [2.75, 3.05) is 0 Å². The fourth-order valence-electron chi connectivity index (χ4n) is 0.431. The molecule has 0 unspecified atom stereocenters. The molecule has 0 spiro atoms. The third-order valence-corrected chi connectivity index (χ3v) is 0.825. The largest absolute Gasteiger partial charge is 1.00 e. The Morgan fingerprint density at radius 3 is 3.18 bits per heavy atom. The maximum atomic E-state index is 11.0. The van der Waals surface area contributed by atoms with E-state index < -0.39 is 42.9 Å². The van der Waals surface area contributed by atoms with E-state index in [1.807, 2.05) is 0 Å². The van der Waals surface area contributed by atoms with Crippen LogP contribution in [-0.2, 0) is 6.98 Å². The molecule has 0 fully saturated rings. The monoisotopic (exact) mass is 179 g/mol. The van der Waals surface area contributed by atoms with Gasteiger partial charge in [0.05, 0.1) is 2.74 Å². The Labute approximate surface area is 81.1 Å². The molecular formula is C7H9ClN2O. The van der Waals surface area contributed by atoms with Crippen LogP contribution in [0.2, 0.25) is 0 Å². The number of amides is 1. The van der Waals surface area contributed by atoms with Gasteiger partial charge in [0.15, 0.2) is 12.3 Å². The number of hydrogen-bond acceptors (Lipinski definition) is 1. The summed E-state index contributed by atoms with van der Waals surface area (Å²) in [5.41, 5.74) is 4.25. The van der Waals surface area contributed by atoms with Gasteiger partial charge in [0, 0.05) is 6.04 Å². The first-order valence-electron chi connectivity index (χ1n) is 5.91. The molecule has 1 amide bonds. The van der Waals surface area contributed by atoms with E-state index in [9.17, 15) is 4.79 Å². The van der Waals surface area contributed by atoms with Crippen LogP contribution in [0.3, 0.4) is 0 Å². The number of carbonyl (C=O) groups excluding carboxylic acids is 1. The third-order valence-electron chi connectivity index (χ3n) is 0.825. The van der Waals surface area contributed by atoms with Crippen LogP contribution in [0.5, 0.6) is 0 Å². The predicted molar refractivity (Wildman–Crippen MR) is 36.1 cm³/mol. The minimum absolute atomic E-state index is 0. The van der Waals surface area contributed by atoms with Gasteiger partial charge in [0.1, 0.15) is 19.4 Å². The number of pyridine rings is 1. The zero-order valence-electron chi connectivity index (χ0n) is 12.3. The van der Waals surface area contributed by atoms with Gasteiger partial charge in [-0.05, 0) is 6.04 Å². The lowest BCUT2D eigenvalue weighted by atomic mass is 10.3. The van der Waals surface area contributed by atoms with Crippen LogP contribution in [0, 0.1) is 0 Å². The van der Waals surface area contributed by atoms with Crippen molar-refractivity contribution in [3.8, 4) is 0 Å². The van der Waals surface area contributed by atoms with Crippen molar-refractivity contribution >= 4 is 5.91 Å². The minimum atomic E-state index is -2.89. The molecule has 0 saturated carbocycles. The van der Waals surface area contributed by atoms with Crippen LogP contribution < -0.4 is 22.7 Å². The van der Waals surface area contributed by atoms with Crippen molar-refractivity contribution in [1.82, 2.24) is 0 Å². The molecule has 0 aliphatic heterocycles. The van der Waals surface area contributed by atoms with E-state index in [4.69, 9.17) is 15.3 Å². The smallest absolute Gasteiger partial charge is 0.254 e. The van der Waals surface area contributed by atoms with Gasteiger partial charge in [-0.2, -0.15) is 0 Å². The molecule has 3 nitrogen and oxygen atoms in total. The Hall–Kier alpha value is -1.09. The van der Waals surface area contributed by atoms with Crippen molar-refractivity contribution in [2.45, 2.75) is 0 Å². The Balaban J connectivity index is 0.00000289. The lowest BCUT2D eigenvalue weighted by Crippen LogP contribution is -3.00. The van der Waals surface area contributed by atoms with Crippen LogP contribution >= 0.6 is 0 Å². The highest BCUT2D eigenvalue weighted by Crippen LogP contribution is 1.89. The topological polar surface area (TPSA) is 47.0 Å². The molecule has 60 valence electrons. The molecule has 11 heavy (non-hydrogen) atoms. The Bertz CT molecular complexity index is 502. The standard InChI is InChI=1S/C7H8N2O.ClH/c1-9-4-2-3-6(5-9)7(8)10;/h2-5H,1H3,(H-,8,10);1H/i1D3,2D,3D,4D,5D;. The first kappa shape index (κ1) is 3.11. The molecule has 1 rings (SSSR count). The average molecular weight is 180 g/mol. The molecule has 0 radical (unpaired) electrons. The fraction of sp³-hybridized carbons (Fsp3) is 0.143. The summed E-state index contributed by atoms with van der Waals surface area (Å²) in [5, 5.41) is 0. The van der Waals surface area contributed by atoms with Crippen molar-refractivity contribution in [1.29, 1.82) is 0 Å². The highest BCUT2D eigenvalue weighted by molar-refractivity contribution is 5.92. The van der Waals surface area contributed by atoms with Crippen LogP contribution in [-0.4, -0.2) is 5.91 Å². The number of hydrogen-bond donors (Lipinski definition) is 1. The van der Waals surface area contributed by atoms with Crippen molar-refractivity contribution in [3.05, 3.63) is 30.0 Å². The van der Waals surface area contributed by atoms with Crippen LogP contribution in [0.4, 0.5) is 0 Å². The first-order chi connectivity index (χ1) is 7.59. The van der Waals surface area contributed by atoms with Gasteiger partial charge in [-0.15, -0.1) is 0 Å². The quantitative estimate of drug-likeness (QED) is 0.450. The Morgan fingerprint density at radius 2 is 2.64 bits per heavy atom. The minimum Gasteiger partial charge on any atom is -1.00 e. The molecule has 4 heteroatoms. The normalized spacial score (nSPS) is 18.7. The number of halogens is 1. The van der Waals surface area contributed by atoms with Gasteiger partial charge in [-0.25, -0.2) is 4.57 Å². The third kappa shape index (κ3) is 2.55. The van der Waals surface area contributed by atoms with E-state index in [1.165, 1.54) is 0 Å². The average Bonchev–Trinajstić information content (AvgIpc) is 2.11. The Kier molecular flexibility index (Phi) is 1.11. The Morgan fingerprint density at radius 1 is 1.91 bits per heavy atom. The lowest BCUT2D eigenvalue weighted by molar-refractivity contribution is -0.671. The van der Waals surface area contributed by atoms with Crippen molar-refractivity contribution in [2.24, 2.45) is 12.7 Å². The molecule has 0 atom stereocenters. The maximum Gasteiger partial charge on any atom is 0.254 e. The SMILES string of the molecule is [2H]c1c([2H])c([2H])[n+](C([2H])([2H])[2H])c([2H])c1C(N)=O.[Cl-]. The molecule has 0 aromatic carbocycles. The summed E-state index contributed by atoms with van der Waals surface area (Å²) in [6.07, 6.45) is -1.69. The van der Waals surface area contributed by atoms with Gasteiger partial charge in [-0.3, -0.25) is 4.79 Å². The molecular weight excluding hydrogens is 164 g/mol. The van der Waals surface area contributed by atoms with E-state index in [1.54, 1.807) is 0 Å². The zero-order chi connectivity index (χ0) is 13.5. The van der Waals surface area contributed by atoms with E-state index in [-0.39, 0.29) is 17.0 Å². The number of nitrogens with zero attached hydrogens (tertiary/aromatic N) is 1. The van der Waals surface area contributed by atoms with Gasteiger partial charge < -0.3 is 18.1 Å². The van der Waals surface area contributed by atoms with Crippen molar-refractivity contribution in [3.63, 3.8) is 0 Å². The summed E-state index contributed by atoms with van der Waals surface area (Å²) in [6, 6.07) is -1.47. The number of carbonyl (C=O) groups is 1. The molecule has 0 aliphatic carbocycles. The first-order valence-corrected chi connectivity index (χ1v) is 2.41. The van der Waals surface area contributed by atoms with E-state index in [2.05, 4.69) is 0 Å². The van der Waals surface area contributed by atoms with Crippen molar-refractivity contribution < 1.29 is 31.4 Å². The molecule has 0 saturated heterocycles. The van der Waals surface area contributed by atoms with Crippen LogP contribution in [0.25, 0.3) is 0 Å². The predicted octanol–water partition coefficient (Wildman–Crippen LogP) is -3.39. The summed E-state index contributed by atoms with van der Waals surface area (Å²) in [4.78, 5) is 11.0. The lowest BCUT2D eigenvalue weighted by Gasteiger charge is -1.89. The van der Waals surface area contributed by atoms with Gasteiger partial charge in [0.2, 0.25) is 0 Å². The van der Waals surface area contributed by atoms with E-state index in [0.717, 1.165) is 0 Å². The molecule has 0 bridgehead atoms. The second-order valence-corrected chi connectivity index (χ2v) is 1.55. The maximum absolute atomic E-state index is 11.0. The summed E-state index contributed by atoms with van der Waals surface area (Å²) in [5.74, 6) is -1.17. The number of aromatic nitrogens is 1. The summed E-state index contributed by atoms with van der Waals surface area (Å²) in [7, 11) is 0. The van der Waals surface area contributed by atoms with Gasteiger partial charge >= 0.3 is 0 Å². The summed E-state index contributed by atoms with van der Waals surface area (Å²) in [6.45, 7) is -2.89. The van der Waals surface area contributed by atoms with Gasteiger partial charge in [-0.1, -0.05) is 0 Å². The zero-order valence-corrected chi connectivity index (χ0v) is 6.07.